The number of nitro benzene ring substituents is 1. The molecule has 0 spiro atoms. The fourth-order valence-electron chi connectivity index (χ4n) is 3.58. The van der Waals surface area contributed by atoms with Crippen molar-refractivity contribution < 1.29 is 27.3 Å². The van der Waals surface area contributed by atoms with Crippen LogP contribution in [-0.2, 0) is 9.84 Å². The minimum atomic E-state index is -3.08. The number of nitro groups is 1. The molecule has 1 fully saturated rings. The van der Waals surface area contributed by atoms with E-state index in [1.165, 1.54) is 0 Å². The van der Waals surface area contributed by atoms with Crippen LogP contribution in [0.15, 0.2) is 24.3 Å². The Labute approximate surface area is 161 Å². The summed E-state index contributed by atoms with van der Waals surface area (Å²) >= 11 is 0. The van der Waals surface area contributed by atoms with Gasteiger partial charge in [0.15, 0.2) is 22.2 Å². The highest BCUT2D eigenvalue weighted by Crippen LogP contribution is 2.30. The number of nitrogens with zero attached hydrogens (tertiary/aromatic N) is 2. The van der Waals surface area contributed by atoms with Crippen molar-refractivity contribution in [1.29, 1.82) is 0 Å². The standard InChI is InChI=1S/C18H19FN2O6S/c1-11-7-15(12(2)20(11)14-5-6-28(25,26)10-14)17(22)9-27-18-8-13(19)3-4-16(18)21(23)24/h3-4,7-8,14H,5-6,9-10H2,1-2H3/t14-/m1/s1. The summed E-state index contributed by atoms with van der Waals surface area (Å²) in [7, 11) is -3.08. The number of aryl methyl sites for hydroxylation is 1. The Morgan fingerprint density at radius 3 is 2.68 bits per heavy atom. The molecule has 0 radical (unpaired) electrons. The van der Waals surface area contributed by atoms with Crippen molar-refractivity contribution in [3.63, 3.8) is 0 Å². The molecule has 1 aromatic heterocycles. The number of halogens is 1. The second-order valence-corrected chi connectivity index (χ2v) is 9.02. The fourth-order valence-corrected chi connectivity index (χ4v) is 5.28. The summed E-state index contributed by atoms with van der Waals surface area (Å²) in [6.45, 7) is 3.00. The molecule has 1 aliphatic heterocycles. The minimum Gasteiger partial charge on any atom is -0.478 e. The van der Waals surface area contributed by atoms with Gasteiger partial charge < -0.3 is 9.30 Å². The van der Waals surface area contributed by atoms with Crippen molar-refractivity contribution in [2.45, 2.75) is 26.3 Å². The Bertz CT molecular complexity index is 1060. The van der Waals surface area contributed by atoms with Crippen LogP contribution in [0.3, 0.4) is 0 Å². The summed E-state index contributed by atoms with van der Waals surface area (Å²) in [5.74, 6) is -1.32. The van der Waals surface area contributed by atoms with Crippen LogP contribution in [-0.4, -0.2) is 41.8 Å². The third kappa shape index (κ3) is 3.91. The van der Waals surface area contributed by atoms with Gasteiger partial charge in [-0.2, -0.15) is 0 Å². The van der Waals surface area contributed by atoms with E-state index in [2.05, 4.69) is 0 Å². The summed E-state index contributed by atoms with van der Waals surface area (Å²) in [4.78, 5) is 22.9. The maximum atomic E-state index is 13.4. The molecule has 1 atom stereocenters. The molecule has 0 unspecified atom stereocenters. The lowest BCUT2D eigenvalue weighted by Gasteiger charge is -2.16. The number of hydrogen-bond donors (Lipinski definition) is 0. The number of benzene rings is 1. The number of ketones is 1. The summed E-state index contributed by atoms with van der Waals surface area (Å²) in [5, 5.41) is 11.0. The SMILES string of the molecule is Cc1cc(C(=O)COc2cc(F)ccc2[N+](=O)[O-])c(C)n1[C@@H]1CCS(=O)(=O)C1. The van der Waals surface area contributed by atoms with E-state index in [1.54, 1.807) is 19.9 Å². The zero-order valence-corrected chi connectivity index (χ0v) is 16.2. The Hall–Kier alpha value is -2.75. The molecule has 10 heteroatoms. The van der Waals surface area contributed by atoms with E-state index in [9.17, 15) is 27.7 Å². The maximum Gasteiger partial charge on any atom is 0.311 e. The molecule has 28 heavy (non-hydrogen) atoms. The van der Waals surface area contributed by atoms with Gasteiger partial charge >= 0.3 is 5.69 Å². The zero-order chi connectivity index (χ0) is 20.6. The van der Waals surface area contributed by atoms with E-state index in [0.717, 1.165) is 23.9 Å². The molecule has 8 nitrogen and oxygen atoms in total. The van der Waals surface area contributed by atoms with Crippen molar-refractivity contribution >= 4 is 21.3 Å². The Morgan fingerprint density at radius 1 is 1.36 bits per heavy atom. The van der Waals surface area contributed by atoms with Crippen LogP contribution in [0, 0.1) is 29.8 Å². The minimum absolute atomic E-state index is 0.0307. The second-order valence-electron chi connectivity index (χ2n) is 6.79. The molecule has 0 saturated carbocycles. The van der Waals surface area contributed by atoms with E-state index in [4.69, 9.17) is 4.74 Å². The molecule has 1 saturated heterocycles. The number of hydrogen-bond acceptors (Lipinski definition) is 6. The van der Waals surface area contributed by atoms with Gasteiger partial charge in [-0.25, -0.2) is 12.8 Å². The Kier molecular flexibility index (Phi) is 5.24. The van der Waals surface area contributed by atoms with Gasteiger partial charge in [0.2, 0.25) is 5.78 Å². The van der Waals surface area contributed by atoms with E-state index in [-0.39, 0.29) is 23.3 Å². The topological polar surface area (TPSA) is 109 Å². The summed E-state index contributed by atoms with van der Waals surface area (Å²) in [5.41, 5.74) is 1.28. The molecular formula is C18H19FN2O6S. The molecule has 3 rings (SSSR count). The van der Waals surface area contributed by atoms with Gasteiger partial charge in [-0.15, -0.1) is 0 Å². The van der Waals surface area contributed by atoms with Crippen molar-refractivity contribution in [2.75, 3.05) is 18.1 Å². The smallest absolute Gasteiger partial charge is 0.311 e. The maximum absolute atomic E-state index is 13.4. The monoisotopic (exact) mass is 410 g/mol. The van der Waals surface area contributed by atoms with Gasteiger partial charge in [-0.1, -0.05) is 0 Å². The molecule has 0 aliphatic carbocycles. The van der Waals surface area contributed by atoms with E-state index in [0.29, 0.717) is 17.7 Å². The first-order valence-electron chi connectivity index (χ1n) is 8.58. The summed E-state index contributed by atoms with van der Waals surface area (Å²) in [6.07, 6.45) is 0.484. The molecular weight excluding hydrogens is 391 g/mol. The van der Waals surface area contributed by atoms with Crippen LogP contribution in [0.1, 0.15) is 34.2 Å². The number of aromatic nitrogens is 1. The van der Waals surface area contributed by atoms with Crippen molar-refractivity contribution in [3.8, 4) is 5.75 Å². The first-order chi connectivity index (χ1) is 13.1. The number of carbonyl (C=O) groups is 1. The average molecular weight is 410 g/mol. The Morgan fingerprint density at radius 2 is 2.07 bits per heavy atom. The lowest BCUT2D eigenvalue weighted by Crippen LogP contribution is -2.16. The number of rotatable bonds is 6. The van der Waals surface area contributed by atoms with Crippen molar-refractivity contribution in [2.24, 2.45) is 0 Å². The largest absolute Gasteiger partial charge is 0.478 e. The number of Topliss-reactive ketones (excluding diaryl/α,β-unsaturated/α-hetero) is 1. The molecule has 2 aromatic rings. The second kappa shape index (κ2) is 7.34. The van der Waals surface area contributed by atoms with Gasteiger partial charge in [-0.3, -0.25) is 14.9 Å². The molecule has 0 amide bonds. The van der Waals surface area contributed by atoms with Crippen LogP contribution in [0.4, 0.5) is 10.1 Å². The predicted molar refractivity (Wildman–Crippen MR) is 99.1 cm³/mol. The molecule has 0 N–H and O–H groups in total. The van der Waals surface area contributed by atoms with Crippen LogP contribution < -0.4 is 4.74 Å². The van der Waals surface area contributed by atoms with E-state index in [1.807, 2.05) is 4.57 Å². The molecule has 2 heterocycles. The number of ether oxygens (including phenoxy) is 1. The third-order valence-corrected chi connectivity index (χ3v) is 6.59. The third-order valence-electron chi connectivity index (χ3n) is 4.84. The predicted octanol–water partition coefficient (Wildman–Crippen LogP) is 2.77. The van der Waals surface area contributed by atoms with Crippen LogP contribution in [0.2, 0.25) is 0 Å². The van der Waals surface area contributed by atoms with Gasteiger partial charge in [0, 0.05) is 35.1 Å². The van der Waals surface area contributed by atoms with Crippen LogP contribution >= 0.6 is 0 Å². The number of sulfone groups is 1. The highest BCUT2D eigenvalue weighted by molar-refractivity contribution is 7.91. The highest BCUT2D eigenvalue weighted by atomic mass is 32.2. The molecule has 0 bridgehead atoms. The average Bonchev–Trinajstić information content (AvgIpc) is 3.10. The number of carbonyl (C=O) groups excluding carboxylic acids is 1. The van der Waals surface area contributed by atoms with Crippen molar-refractivity contribution in [3.05, 3.63) is 57.1 Å². The Balaban J connectivity index is 1.80. The lowest BCUT2D eigenvalue weighted by atomic mass is 10.1. The highest BCUT2D eigenvalue weighted by Gasteiger charge is 2.31. The van der Waals surface area contributed by atoms with Crippen LogP contribution in [0.5, 0.6) is 5.75 Å². The summed E-state index contributed by atoms with van der Waals surface area (Å²) in [6, 6.07) is 4.19. The lowest BCUT2D eigenvalue weighted by molar-refractivity contribution is -0.385. The van der Waals surface area contributed by atoms with E-state index < -0.39 is 38.7 Å². The molecule has 150 valence electrons. The molecule has 1 aliphatic rings. The first kappa shape index (κ1) is 20.0. The van der Waals surface area contributed by atoms with Gasteiger partial charge in [0.05, 0.1) is 16.4 Å². The first-order valence-corrected chi connectivity index (χ1v) is 10.4. The van der Waals surface area contributed by atoms with Crippen LogP contribution in [0.25, 0.3) is 0 Å². The van der Waals surface area contributed by atoms with E-state index >= 15 is 0 Å². The molecule has 1 aromatic carbocycles. The normalized spacial score (nSPS) is 18.2. The van der Waals surface area contributed by atoms with Gasteiger partial charge in [-0.05, 0) is 32.4 Å². The quantitative estimate of drug-likeness (QED) is 0.412. The van der Waals surface area contributed by atoms with Crippen molar-refractivity contribution in [1.82, 2.24) is 4.57 Å². The zero-order valence-electron chi connectivity index (χ0n) is 15.3. The fraction of sp³-hybridized carbons (Fsp3) is 0.389. The van der Waals surface area contributed by atoms with Gasteiger partial charge in [0.1, 0.15) is 5.82 Å². The summed E-state index contributed by atoms with van der Waals surface area (Å²) < 4.78 is 44.0. The van der Waals surface area contributed by atoms with Gasteiger partial charge in [0.25, 0.3) is 0 Å².